The zero-order chi connectivity index (χ0) is 14.3. The van der Waals surface area contributed by atoms with Gasteiger partial charge in [0.25, 0.3) is 0 Å². The molecule has 1 aromatic carbocycles. The molecule has 0 bridgehead atoms. The standard InChI is InChI=1S/C12H17ClFNO3S/c1-2-18-12-9-10(14)5-6-11(12)15-19(16,17)8-4-3-7-13/h5-6,9,15H,2-4,7-8H2,1H3. The van der Waals surface area contributed by atoms with E-state index >= 15 is 0 Å². The van der Waals surface area contributed by atoms with Gasteiger partial charge in [-0.15, -0.1) is 11.6 Å². The lowest BCUT2D eigenvalue weighted by Crippen LogP contribution is -2.17. The summed E-state index contributed by atoms with van der Waals surface area (Å²) in [6, 6.07) is 3.68. The second-order valence-electron chi connectivity index (χ2n) is 3.89. The van der Waals surface area contributed by atoms with Crippen molar-refractivity contribution in [2.75, 3.05) is 23.0 Å². The number of ether oxygens (including phenoxy) is 1. The Balaban J connectivity index is 2.80. The van der Waals surface area contributed by atoms with Gasteiger partial charge >= 0.3 is 0 Å². The SMILES string of the molecule is CCOc1cc(F)ccc1NS(=O)(=O)CCCCCl. The van der Waals surface area contributed by atoms with Crippen LogP contribution in [0.15, 0.2) is 18.2 Å². The van der Waals surface area contributed by atoms with Crippen LogP contribution in [0.4, 0.5) is 10.1 Å². The summed E-state index contributed by atoms with van der Waals surface area (Å²) < 4.78 is 44.3. The monoisotopic (exact) mass is 309 g/mol. The minimum Gasteiger partial charge on any atom is -0.492 e. The van der Waals surface area contributed by atoms with E-state index in [0.717, 1.165) is 6.07 Å². The number of sulfonamides is 1. The number of rotatable bonds is 8. The van der Waals surface area contributed by atoms with Gasteiger partial charge in [0.2, 0.25) is 10.0 Å². The highest BCUT2D eigenvalue weighted by molar-refractivity contribution is 7.92. The minimum absolute atomic E-state index is 0.0251. The predicted molar refractivity (Wildman–Crippen MR) is 74.9 cm³/mol. The molecule has 4 nitrogen and oxygen atoms in total. The van der Waals surface area contributed by atoms with Crippen molar-refractivity contribution in [3.63, 3.8) is 0 Å². The highest BCUT2D eigenvalue weighted by Crippen LogP contribution is 2.26. The fourth-order valence-corrected chi connectivity index (χ4v) is 2.84. The Labute approximate surface area is 118 Å². The van der Waals surface area contributed by atoms with Crippen molar-refractivity contribution in [2.45, 2.75) is 19.8 Å². The maximum Gasteiger partial charge on any atom is 0.232 e. The van der Waals surface area contributed by atoms with Gasteiger partial charge in [0.05, 0.1) is 18.0 Å². The largest absolute Gasteiger partial charge is 0.492 e. The number of halogens is 2. The first-order chi connectivity index (χ1) is 8.98. The molecule has 0 aromatic heterocycles. The van der Waals surface area contributed by atoms with Crippen LogP contribution in [0.3, 0.4) is 0 Å². The molecule has 0 spiro atoms. The predicted octanol–water partition coefficient (Wildman–Crippen LogP) is 2.99. The number of anilines is 1. The molecule has 108 valence electrons. The van der Waals surface area contributed by atoms with Gasteiger partial charge in [0, 0.05) is 11.9 Å². The Morgan fingerprint density at radius 3 is 2.74 bits per heavy atom. The number of benzene rings is 1. The normalized spacial score (nSPS) is 11.3. The van der Waals surface area contributed by atoms with Crippen LogP contribution in [-0.4, -0.2) is 26.7 Å². The van der Waals surface area contributed by atoms with E-state index in [9.17, 15) is 12.8 Å². The van der Waals surface area contributed by atoms with Crippen LogP contribution in [-0.2, 0) is 10.0 Å². The van der Waals surface area contributed by atoms with Gasteiger partial charge in [-0.25, -0.2) is 12.8 Å². The molecule has 0 saturated carbocycles. The maximum atomic E-state index is 13.1. The van der Waals surface area contributed by atoms with Gasteiger partial charge in [-0.3, -0.25) is 4.72 Å². The Morgan fingerprint density at radius 1 is 1.37 bits per heavy atom. The first-order valence-corrected chi connectivity index (χ1v) is 8.16. The fraction of sp³-hybridized carbons (Fsp3) is 0.500. The van der Waals surface area contributed by atoms with Crippen LogP contribution in [0.2, 0.25) is 0 Å². The van der Waals surface area contributed by atoms with Crippen molar-refractivity contribution in [3.05, 3.63) is 24.0 Å². The van der Waals surface area contributed by atoms with E-state index < -0.39 is 15.8 Å². The third-order valence-electron chi connectivity index (χ3n) is 2.31. The molecule has 0 heterocycles. The quantitative estimate of drug-likeness (QED) is 0.593. The molecule has 0 radical (unpaired) electrons. The summed E-state index contributed by atoms with van der Waals surface area (Å²) in [5.74, 6) is 0.107. The molecular formula is C12H17ClFNO3S. The van der Waals surface area contributed by atoms with E-state index in [1.165, 1.54) is 12.1 Å². The first-order valence-electron chi connectivity index (χ1n) is 5.97. The molecule has 0 fully saturated rings. The van der Waals surface area contributed by atoms with Crippen molar-refractivity contribution in [3.8, 4) is 5.75 Å². The smallest absolute Gasteiger partial charge is 0.232 e. The highest BCUT2D eigenvalue weighted by Gasteiger charge is 2.14. The van der Waals surface area contributed by atoms with Crippen molar-refractivity contribution in [1.82, 2.24) is 0 Å². The average Bonchev–Trinajstić information content (AvgIpc) is 2.33. The van der Waals surface area contributed by atoms with Gasteiger partial charge in [0.15, 0.2) is 0 Å². The Hall–Kier alpha value is -1.01. The summed E-state index contributed by atoms with van der Waals surface area (Å²) in [6.45, 7) is 2.06. The average molecular weight is 310 g/mol. The van der Waals surface area contributed by atoms with E-state index in [1.54, 1.807) is 6.92 Å². The summed E-state index contributed by atoms with van der Waals surface area (Å²) in [5.41, 5.74) is 0.245. The third kappa shape index (κ3) is 5.65. The van der Waals surface area contributed by atoms with Crippen LogP contribution in [0, 0.1) is 5.82 Å². The van der Waals surface area contributed by atoms with Gasteiger partial charge < -0.3 is 4.74 Å². The third-order valence-corrected chi connectivity index (χ3v) is 3.93. The van der Waals surface area contributed by atoms with Crippen molar-refractivity contribution in [2.24, 2.45) is 0 Å². The zero-order valence-electron chi connectivity index (χ0n) is 10.7. The lowest BCUT2D eigenvalue weighted by molar-refractivity contribution is 0.340. The van der Waals surface area contributed by atoms with Gasteiger partial charge in [0.1, 0.15) is 11.6 Å². The topological polar surface area (TPSA) is 55.4 Å². The molecule has 0 amide bonds. The summed E-state index contributed by atoms with van der Waals surface area (Å²) >= 11 is 5.50. The van der Waals surface area contributed by atoms with Crippen LogP contribution < -0.4 is 9.46 Å². The second-order valence-corrected chi connectivity index (χ2v) is 6.11. The lowest BCUT2D eigenvalue weighted by Gasteiger charge is -2.12. The summed E-state index contributed by atoms with van der Waals surface area (Å²) in [7, 11) is -3.47. The molecule has 0 saturated heterocycles. The van der Waals surface area contributed by atoms with Crippen molar-refractivity contribution < 1.29 is 17.5 Å². The minimum atomic E-state index is -3.47. The molecule has 7 heteroatoms. The Bertz CT molecular complexity index is 508. The number of hydrogen-bond donors (Lipinski definition) is 1. The fourth-order valence-electron chi connectivity index (χ4n) is 1.46. The molecule has 0 aliphatic heterocycles. The van der Waals surface area contributed by atoms with E-state index in [-0.39, 0.29) is 17.2 Å². The molecule has 0 aliphatic carbocycles. The van der Waals surface area contributed by atoms with Crippen LogP contribution in [0.1, 0.15) is 19.8 Å². The van der Waals surface area contributed by atoms with E-state index in [0.29, 0.717) is 25.3 Å². The Kier molecular flexibility index (Phi) is 6.37. The number of hydrogen-bond acceptors (Lipinski definition) is 3. The molecule has 1 N–H and O–H groups in total. The number of unbranched alkanes of at least 4 members (excludes halogenated alkanes) is 1. The van der Waals surface area contributed by atoms with Gasteiger partial charge in [-0.2, -0.15) is 0 Å². The second kappa shape index (κ2) is 7.55. The molecular weight excluding hydrogens is 293 g/mol. The summed E-state index contributed by atoms with van der Waals surface area (Å²) in [4.78, 5) is 0. The lowest BCUT2D eigenvalue weighted by atomic mass is 10.3. The molecule has 0 atom stereocenters. The van der Waals surface area contributed by atoms with Crippen LogP contribution >= 0.6 is 11.6 Å². The highest BCUT2D eigenvalue weighted by atomic mass is 35.5. The zero-order valence-corrected chi connectivity index (χ0v) is 12.2. The molecule has 19 heavy (non-hydrogen) atoms. The van der Waals surface area contributed by atoms with Crippen LogP contribution in [0.25, 0.3) is 0 Å². The van der Waals surface area contributed by atoms with Crippen molar-refractivity contribution in [1.29, 1.82) is 0 Å². The van der Waals surface area contributed by atoms with Crippen LogP contribution in [0.5, 0.6) is 5.75 Å². The van der Waals surface area contributed by atoms with E-state index in [4.69, 9.17) is 16.3 Å². The molecule has 0 unspecified atom stereocenters. The maximum absolute atomic E-state index is 13.1. The summed E-state index contributed by atoms with van der Waals surface area (Å²) in [6.07, 6.45) is 1.11. The number of alkyl halides is 1. The number of nitrogens with one attached hydrogen (secondary N) is 1. The Morgan fingerprint density at radius 2 is 2.11 bits per heavy atom. The van der Waals surface area contributed by atoms with E-state index in [2.05, 4.69) is 4.72 Å². The first kappa shape index (κ1) is 16.0. The summed E-state index contributed by atoms with van der Waals surface area (Å²) in [5, 5.41) is 0. The van der Waals surface area contributed by atoms with Gasteiger partial charge in [-0.1, -0.05) is 0 Å². The van der Waals surface area contributed by atoms with E-state index in [1.807, 2.05) is 0 Å². The van der Waals surface area contributed by atoms with Gasteiger partial charge in [-0.05, 0) is 31.9 Å². The molecule has 1 rings (SSSR count). The molecule has 1 aromatic rings. The molecule has 0 aliphatic rings. The van der Waals surface area contributed by atoms with Crippen molar-refractivity contribution >= 4 is 27.3 Å².